The highest BCUT2D eigenvalue weighted by molar-refractivity contribution is 14.1. The molecule has 0 amide bonds. The van der Waals surface area contributed by atoms with Crippen LogP contribution < -0.4 is 16.6 Å². The van der Waals surface area contributed by atoms with E-state index >= 15 is 0 Å². The minimum Gasteiger partial charge on any atom is -0.383 e. The first-order valence-electron chi connectivity index (χ1n) is 12.0. The van der Waals surface area contributed by atoms with Crippen molar-refractivity contribution in [3.8, 4) is 11.8 Å². The van der Waals surface area contributed by atoms with Gasteiger partial charge in [0.2, 0.25) is 0 Å². The second-order valence-corrected chi connectivity index (χ2v) is 9.78. The Hall–Kier alpha value is -4.42. The Morgan fingerprint density at radius 2 is 1.88 bits per heavy atom. The second-order valence-electron chi connectivity index (χ2n) is 8.71. The van der Waals surface area contributed by atoms with Crippen LogP contribution in [0.3, 0.4) is 0 Å². The van der Waals surface area contributed by atoms with Crippen LogP contribution in [-0.4, -0.2) is 30.8 Å². The molecule has 5 rings (SSSR count). The number of nitrogen functional groups attached to an aromatic ring is 1. The van der Waals surface area contributed by atoms with Gasteiger partial charge < -0.3 is 15.8 Å². The number of halogens is 3. The van der Waals surface area contributed by atoms with E-state index in [1.165, 1.54) is 23.1 Å². The van der Waals surface area contributed by atoms with Crippen molar-refractivity contribution < 1.29 is 13.5 Å². The lowest BCUT2D eigenvalue weighted by Crippen LogP contribution is -2.31. The number of benzene rings is 2. The fourth-order valence-corrected chi connectivity index (χ4v) is 4.63. The lowest BCUT2D eigenvalue weighted by atomic mass is 10.1. The number of hydrogen-bond donors (Lipinski definition) is 2. The van der Waals surface area contributed by atoms with Gasteiger partial charge >= 0.3 is 0 Å². The first-order chi connectivity index (χ1) is 19.4. The summed E-state index contributed by atoms with van der Waals surface area (Å²) in [6, 6.07) is 15.0. The third kappa shape index (κ3) is 5.63. The predicted octanol–water partition coefficient (Wildman–Crippen LogP) is 4.37. The largest absolute Gasteiger partial charge is 0.383 e. The number of nitrogens with two attached hydrogens (primary N) is 1. The maximum atomic E-state index is 14.3. The predicted molar refractivity (Wildman–Crippen MR) is 152 cm³/mol. The molecule has 202 valence electrons. The summed E-state index contributed by atoms with van der Waals surface area (Å²) in [5.41, 5.74) is 6.23. The van der Waals surface area contributed by atoms with E-state index in [0.29, 0.717) is 22.1 Å². The fourth-order valence-electron chi connectivity index (χ4n) is 4.20. The van der Waals surface area contributed by atoms with Crippen LogP contribution in [0.15, 0.2) is 71.9 Å². The second kappa shape index (κ2) is 11.8. The topological polar surface area (TPSA) is 136 Å². The average Bonchev–Trinajstić information content (AvgIpc) is 3.36. The van der Waals surface area contributed by atoms with Gasteiger partial charge in [-0.3, -0.25) is 9.36 Å². The van der Waals surface area contributed by atoms with Gasteiger partial charge in [0, 0.05) is 18.9 Å². The smallest absolute Gasteiger partial charge is 0.283 e. The van der Waals surface area contributed by atoms with E-state index in [1.54, 1.807) is 0 Å². The molecule has 0 radical (unpaired) electrons. The van der Waals surface area contributed by atoms with Gasteiger partial charge in [0.05, 0.1) is 27.5 Å². The summed E-state index contributed by atoms with van der Waals surface area (Å²) in [6.07, 6.45) is 3.04. The van der Waals surface area contributed by atoms with Gasteiger partial charge in [-0.25, -0.2) is 23.3 Å². The van der Waals surface area contributed by atoms with Crippen LogP contribution in [0.4, 0.5) is 20.4 Å². The Bertz CT molecular complexity index is 1770. The van der Waals surface area contributed by atoms with E-state index in [-0.39, 0.29) is 41.4 Å². The summed E-state index contributed by atoms with van der Waals surface area (Å²) in [5.74, 6) is -1.03. The molecular weight excluding hydrogens is 633 g/mol. The molecule has 0 bridgehead atoms. The molecule has 0 unspecified atom stereocenters. The standard InChI is InChI=1S/C27H21F2IN8O2/c28-18-10-19(29)12-20(11-18)38-26(36-37-8-6-17(13-31)23(37)27(38)39)21(35-25-22(30)24(32)33-15-34-25)7-9-40-14-16-4-2-1-3-5-16/h1-6,8,10-12,15,21H,7,9,14H2,(H3,32,33,34,35)/t21-/m0/s1. The number of fused-ring (bicyclic) bond motifs is 1. The van der Waals surface area contributed by atoms with Crippen LogP contribution in [0.1, 0.15) is 29.4 Å². The third-order valence-corrected chi connectivity index (χ3v) is 7.10. The summed E-state index contributed by atoms with van der Waals surface area (Å²) >= 11 is 2.00. The molecule has 2 aromatic carbocycles. The van der Waals surface area contributed by atoms with Crippen molar-refractivity contribution in [2.45, 2.75) is 19.1 Å². The van der Waals surface area contributed by atoms with Crippen LogP contribution in [-0.2, 0) is 11.3 Å². The Kier molecular flexibility index (Phi) is 7.99. The zero-order valence-corrected chi connectivity index (χ0v) is 22.9. The Labute approximate surface area is 240 Å². The summed E-state index contributed by atoms with van der Waals surface area (Å²) in [5, 5.41) is 17.4. The van der Waals surface area contributed by atoms with Crippen LogP contribution in [0, 0.1) is 26.5 Å². The third-order valence-electron chi connectivity index (χ3n) is 6.04. The molecule has 0 fully saturated rings. The van der Waals surface area contributed by atoms with E-state index in [0.717, 1.165) is 22.3 Å². The normalized spacial score (nSPS) is 11.8. The van der Waals surface area contributed by atoms with Gasteiger partial charge in [-0.05, 0) is 52.8 Å². The number of rotatable bonds is 9. The molecule has 10 nitrogen and oxygen atoms in total. The van der Waals surface area contributed by atoms with Crippen LogP contribution in [0.2, 0.25) is 0 Å². The van der Waals surface area contributed by atoms with E-state index in [2.05, 4.69) is 20.4 Å². The van der Waals surface area contributed by atoms with Crippen LogP contribution in [0.25, 0.3) is 11.2 Å². The van der Waals surface area contributed by atoms with Crippen molar-refractivity contribution in [2.24, 2.45) is 0 Å². The summed E-state index contributed by atoms with van der Waals surface area (Å²) < 4.78 is 37.5. The number of nitrogens with one attached hydrogen (secondary N) is 1. The average molecular weight is 654 g/mol. The maximum Gasteiger partial charge on any atom is 0.283 e. The van der Waals surface area contributed by atoms with Gasteiger partial charge in [-0.2, -0.15) is 10.4 Å². The first-order valence-corrected chi connectivity index (χ1v) is 13.1. The van der Waals surface area contributed by atoms with Gasteiger partial charge in [0.25, 0.3) is 5.56 Å². The van der Waals surface area contributed by atoms with Crippen molar-refractivity contribution in [3.05, 3.63) is 110 Å². The molecule has 3 aromatic heterocycles. The molecule has 1 atom stereocenters. The first kappa shape index (κ1) is 27.2. The fraction of sp³-hybridized carbons (Fsp3) is 0.148. The molecule has 0 aliphatic carbocycles. The highest BCUT2D eigenvalue weighted by Gasteiger charge is 2.25. The zero-order valence-electron chi connectivity index (χ0n) is 20.8. The monoisotopic (exact) mass is 654 g/mol. The Balaban J connectivity index is 1.63. The van der Waals surface area contributed by atoms with E-state index < -0.39 is 23.2 Å². The highest BCUT2D eigenvalue weighted by atomic mass is 127. The maximum absolute atomic E-state index is 14.3. The Morgan fingerprint density at radius 1 is 1.12 bits per heavy atom. The summed E-state index contributed by atoms with van der Waals surface area (Å²) in [4.78, 5) is 22.1. The highest BCUT2D eigenvalue weighted by Crippen LogP contribution is 2.27. The van der Waals surface area contributed by atoms with Crippen molar-refractivity contribution in [3.63, 3.8) is 0 Å². The van der Waals surface area contributed by atoms with Gasteiger partial charge in [0.1, 0.15) is 41.2 Å². The molecule has 0 aliphatic heterocycles. The number of ether oxygens (including phenoxy) is 1. The number of anilines is 2. The molecule has 5 aromatic rings. The van der Waals surface area contributed by atoms with Crippen LogP contribution in [0.5, 0.6) is 0 Å². The molecule has 3 N–H and O–H groups in total. The van der Waals surface area contributed by atoms with Gasteiger partial charge in [0.15, 0.2) is 5.82 Å². The molecule has 3 heterocycles. The lowest BCUT2D eigenvalue weighted by molar-refractivity contribution is 0.114. The van der Waals surface area contributed by atoms with E-state index in [9.17, 15) is 18.8 Å². The minimum absolute atomic E-state index is 0.0316. The number of hydrogen-bond acceptors (Lipinski definition) is 8. The molecule has 0 spiro atoms. The zero-order chi connectivity index (χ0) is 28.2. The van der Waals surface area contributed by atoms with Crippen molar-refractivity contribution in [2.75, 3.05) is 17.7 Å². The van der Waals surface area contributed by atoms with Crippen molar-refractivity contribution in [1.29, 1.82) is 5.26 Å². The molecule has 0 aliphatic rings. The Morgan fingerprint density at radius 3 is 2.60 bits per heavy atom. The SMILES string of the molecule is N#Cc1ccn2nc([C@H](CCOCc3ccccc3)Nc3ncnc(N)c3I)n(-c3cc(F)cc(F)c3)c(=O)c12. The summed E-state index contributed by atoms with van der Waals surface area (Å²) in [7, 11) is 0. The number of nitriles is 1. The van der Waals surface area contributed by atoms with Crippen molar-refractivity contribution >= 4 is 39.7 Å². The summed E-state index contributed by atoms with van der Waals surface area (Å²) in [6.45, 7) is 0.577. The van der Waals surface area contributed by atoms with Gasteiger partial charge in [-0.15, -0.1) is 0 Å². The number of nitrogens with zero attached hydrogens (tertiary/aromatic N) is 6. The molecular formula is C27H21F2IN8O2. The number of aromatic nitrogens is 5. The van der Waals surface area contributed by atoms with Gasteiger partial charge in [-0.1, -0.05) is 30.3 Å². The van der Waals surface area contributed by atoms with E-state index in [4.69, 9.17) is 10.5 Å². The quantitative estimate of drug-likeness (QED) is 0.177. The molecule has 40 heavy (non-hydrogen) atoms. The molecule has 0 saturated carbocycles. The van der Waals surface area contributed by atoms with E-state index in [1.807, 2.05) is 59.0 Å². The molecule has 13 heteroatoms. The van der Waals surface area contributed by atoms with Crippen LogP contribution >= 0.6 is 22.6 Å². The molecule has 0 saturated heterocycles. The van der Waals surface area contributed by atoms with Crippen molar-refractivity contribution in [1.82, 2.24) is 24.1 Å². The lowest BCUT2D eigenvalue weighted by Gasteiger charge is -2.23. The minimum atomic E-state index is -0.877.